The molecular formula is C7H5BBrFO4. The van der Waals surface area contributed by atoms with E-state index in [0.29, 0.717) is 0 Å². The molecule has 0 spiro atoms. The van der Waals surface area contributed by atoms with Gasteiger partial charge in [0.1, 0.15) is 5.82 Å². The van der Waals surface area contributed by atoms with Crippen LogP contribution in [0.15, 0.2) is 16.6 Å². The van der Waals surface area contributed by atoms with Crippen LogP contribution >= 0.6 is 15.9 Å². The SMILES string of the molecule is O=C(O)c1c(F)ccc(Br)c1B(O)O. The Hall–Kier alpha value is -0.915. The lowest BCUT2D eigenvalue weighted by Gasteiger charge is -2.07. The second-order valence-corrected chi connectivity index (χ2v) is 3.35. The molecular weight excluding hydrogens is 258 g/mol. The smallest absolute Gasteiger partial charge is 0.478 e. The first-order valence-electron chi connectivity index (χ1n) is 3.52. The normalized spacial score (nSPS) is 10.0. The third kappa shape index (κ3) is 1.94. The fourth-order valence-electron chi connectivity index (χ4n) is 1.04. The Morgan fingerprint density at radius 3 is 2.36 bits per heavy atom. The van der Waals surface area contributed by atoms with Crippen molar-refractivity contribution in [2.45, 2.75) is 0 Å². The Labute approximate surface area is 87.3 Å². The van der Waals surface area contributed by atoms with Crippen LogP contribution in [-0.4, -0.2) is 28.2 Å². The van der Waals surface area contributed by atoms with Gasteiger partial charge < -0.3 is 15.2 Å². The number of rotatable bonds is 2. The summed E-state index contributed by atoms with van der Waals surface area (Å²) in [5.41, 5.74) is -1.13. The lowest BCUT2D eigenvalue weighted by Crippen LogP contribution is -2.36. The van der Waals surface area contributed by atoms with Gasteiger partial charge in [0.15, 0.2) is 0 Å². The van der Waals surface area contributed by atoms with E-state index in [4.69, 9.17) is 15.2 Å². The molecule has 3 N–H and O–H groups in total. The topological polar surface area (TPSA) is 77.8 Å². The fraction of sp³-hybridized carbons (Fsp3) is 0. The minimum Gasteiger partial charge on any atom is -0.478 e. The molecule has 74 valence electrons. The largest absolute Gasteiger partial charge is 0.490 e. The number of benzene rings is 1. The van der Waals surface area contributed by atoms with Crippen molar-refractivity contribution in [3.63, 3.8) is 0 Å². The molecule has 1 aromatic rings. The quantitative estimate of drug-likeness (QED) is 0.654. The van der Waals surface area contributed by atoms with Crippen molar-refractivity contribution in [3.8, 4) is 0 Å². The maximum Gasteiger partial charge on any atom is 0.490 e. The monoisotopic (exact) mass is 262 g/mol. The van der Waals surface area contributed by atoms with E-state index in [-0.39, 0.29) is 4.47 Å². The predicted molar refractivity (Wildman–Crippen MR) is 50.9 cm³/mol. The van der Waals surface area contributed by atoms with Gasteiger partial charge in [0.2, 0.25) is 0 Å². The van der Waals surface area contributed by atoms with Crippen molar-refractivity contribution in [3.05, 3.63) is 28.0 Å². The molecule has 0 radical (unpaired) electrons. The molecule has 0 atom stereocenters. The van der Waals surface area contributed by atoms with Gasteiger partial charge in [-0.05, 0) is 12.1 Å². The van der Waals surface area contributed by atoms with E-state index in [0.717, 1.165) is 6.07 Å². The number of hydrogen-bond donors (Lipinski definition) is 3. The minimum absolute atomic E-state index is 0.131. The molecule has 0 aliphatic heterocycles. The highest BCUT2D eigenvalue weighted by molar-refractivity contribution is 9.10. The van der Waals surface area contributed by atoms with Gasteiger partial charge in [0.25, 0.3) is 0 Å². The first kappa shape index (κ1) is 11.2. The zero-order valence-electron chi connectivity index (χ0n) is 6.74. The molecule has 0 aliphatic rings. The summed E-state index contributed by atoms with van der Waals surface area (Å²) in [6, 6.07) is 2.13. The second kappa shape index (κ2) is 4.08. The third-order valence-corrected chi connectivity index (χ3v) is 2.31. The zero-order valence-corrected chi connectivity index (χ0v) is 8.32. The molecule has 0 saturated carbocycles. The number of carboxylic acid groups (broad SMARTS) is 1. The highest BCUT2D eigenvalue weighted by atomic mass is 79.9. The summed E-state index contributed by atoms with van der Waals surface area (Å²) in [5.74, 6) is -2.56. The van der Waals surface area contributed by atoms with E-state index >= 15 is 0 Å². The fourth-order valence-corrected chi connectivity index (χ4v) is 1.57. The van der Waals surface area contributed by atoms with E-state index in [9.17, 15) is 9.18 Å². The molecule has 1 rings (SSSR count). The van der Waals surface area contributed by atoms with E-state index in [1.54, 1.807) is 0 Å². The molecule has 0 unspecified atom stereocenters. The zero-order chi connectivity index (χ0) is 10.9. The summed E-state index contributed by atoms with van der Waals surface area (Å²) in [6.45, 7) is 0. The van der Waals surface area contributed by atoms with Crippen LogP contribution in [-0.2, 0) is 0 Å². The van der Waals surface area contributed by atoms with Crippen LogP contribution in [0.3, 0.4) is 0 Å². The average Bonchev–Trinajstić information content (AvgIpc) is 2.07. The van der Waals surface area contributed by atoms with E-state index in [1.165, 1.54) is 6.07 Å². The standard InChI is InChI=1S/C7H5BBrFO4/c9-3-1-2-4(10)5(7(11)12)6(3)8(13)14/h1-2,13-14H,(H,11,12). The van der Waals surface area contributed by atoms with Gasteiger partial charge in [0.05, 0.1) is 5.56 Å². The maximum atomic E-state index is 13.0. The van der Waals surface area contributed by atoms with Gasteiger partial charge in [0, 0.05) is 9.94 Å². The molecule has 14 heavy (non-hydrogen) atoms. The van der Waals surface area contributed by atoms with Gasteiger partial charge in [-0.2, -0.15) is 0 Å². The first-order chi connectivity index (χ1) is 6.45. The summed E-state index contributed by atoms with van der Waals surface area (Å²) in [4.78, 5) is 10.6. The lowest BCUT2D eigenvalue weighted by atomic mass is 9.77. The average molecular weight is 263 g/mol. The molecule has 0 saturated heterocycles. The predicted octanol–water partition coefficient (Wildman–Crippen LogP) is -0.0338. The maximum absolute atomic E-state index is 13.0. The number of hydrogen-bond acceptors (Lipinski definition) is 3. The Morgan fingerprint density at radius 1 is 1.43 bits per heavy atom. The van der Waals surface area contributed by atoms with Crippen LogP contribution in [0.2, 0.25) is 0 Å². The summed E-state index contributed by atoms with van der Waals surface area (Å²) < 4.78 is 13.1. The highest BCUT2D eigenvalue weighted by Crippen LogP contribution is 2.13. The van der Waals surface area contributed by atoms with E-state index < -0.39 is 29.9 Å². The van der Waals surface area contributed by atoms with Crippen molar-refractivity contribution >= 4 is 34.5 Å². The lowest BCUT2D eigenvalue weighted by molar-refractivity contribution is 0.0693. The summed E-state index contributed by atoms with van der Waals surface area (Å²) in [5, 5.41) is 26.3. The minimum atomic E-state index is -2.04. The molecule has 4 nitrogen and oxygen atoms in total. The second-order valence-electron chi connectivity index (χ2n) is 2.50. The number of aromatic carboxylic acids is 1. The van der Waals surface area contributed by atoms with Crippen LogP contribution in [0.5, 0.6) is 0 Å². The molecule has 7 heteroatoms. The molecule has 0 fully saturated rings. The van der Waals surface area contributed by atoms with Crippen LogP contribution in [0.25, 0.3) is 0 Å². The molecule has 0 aromatic heterocycles. The van der Waals surface area contributed by atoms with Crippen LogP contribution in [0.1, 0.15) is 10.4 Å². The van der Waals surface area contributed by atoms with Crippen molar-refractivity contribution in [1.29, 1.82) is 0 Å². The Morgan fingerprint density at radius 2 is 2.00 bits per heavy atom. The Bertz CT molecular complexity index is 382. The van der Waals surface area contributed by atoms with Crippen molar-refractivity contribution in [2.24, 2.45) is 0 Å². The van der Waals surface area contributed by atoms with Gasteiger partial charge in [-0.25, -0.2) is 9.18 Å². The molecule has 0 aliphatic carbocycles. The summed E-state index contributed by atoms with van der Waals surface area (Å²) in [7, 11) is -2.04. The van der Waals surface area contributed by atoms with E-state index in [1.807, 2.05) is 0 Å². The molecule has 1 aromatic carbocycles. The van der Waals surface area contributed by atoms with Crippen molar-refractivity contribution < 1.29 is 24.3 Å². The van der Waals surface area contributed by atoms with Gasteiger partial charge in [-0.3, -0.25) is 0 Å². The van der Waals surface area contributed by atoms with Gasteiger partial charge >= 0.3 is 13.1 Å². The molecule has 0 amide bonds. The third-order valence-electron chi connectivity index (χ3n) is 1.61. The molecule has 0 heterocycles. The van der Waals surface area contributed by atoms with Gasteiger partial charge in [-0.1, -0.05) is 15.9 Å². The van der Waals surface area contributed by atoms with Crippen LogP contribution in [0, 0.1) is 5.82 Å². The van der Waals surface area contributed by atoms with Crippen molar-refractivity contribution in [2.75, 3.05) is 0 Å². The Kier molecular flexibility index (Phi) is 3.25. The summed E-state index contributed by atoms with van der Waals surface area (Å²) >= 11 is 2.90. The van der Waals surface area contributed by atoms with Crippen LogP contribution < -0.4 is 5.46 Å². The van der Waals surface area contributed by atoms with E-state index in [2.05, 4.69) is 15.9 Å². The van der Waals surface area contributed by atoms with Gasteiger partial charge in [-0.15, -0.1) is 0 Å². The van der Waals surface area contributed by atoms with Crippen LogP contribution in [0.4, 0.5) is 4.39 Å². The number of carbonyl (C=O) groups is 1. The van der Waals surface area contributed by atoms with Crippen molar-refractivity contribution in [1.82, 2.24) is 0 Å². The summed E-state index contributed by atoms with van der Waals surface area (Å²) in [6.07, 6.45) is 0. The number of halogens is 2. The first-order valence-corrected chi connectivity index (χ1v) is 4.31. The Balaban J connectivity index is 3.50. The molecule has 0 bridgehead atoms. The number of carboxylic acids is 1. The highest BCUT2D eigenvalue weighted by Gasteiger charge is 2.26.